The van der Waals surface area contributed by atoms with E-state index in [0.717, 1.165) is 22.4 Å². The Bertz CT molecular complexity index is 783. The van der Waals surface area contributed by atoms with E-state index in [-0.39, 0.29) is 18.3 Å². The van der Waals surface area contributed by atoms with Crippen LogP contribution in [-0.2, 0) is 16.0 Å². The number of aryl methyl sites for hydroxylation is 2. The zero-order valence-corrected chi connectivity index (χ0v) is 16.5. The predicted octanol–water partition coefficient (Wildman–Crippen LogP) is 3.56. The molecule has 0 aliphatic carbocycles. The minimum absolute atomic E-state index is 0.0736. The summed E-state index contributed by atoms with van der Waals surface area (Å²) in [5.41, 5.74) is 3.96. The Labute approximate surface area is 160 Å². The predicted molar refractivity (Wildman–Crippen MR) is 105 cm³/mol. The summed E-state index contributed by atoms with van der Waals surface area (Å²) in [4.78, 5) is 26.2. The SMILES string of the molecule is COC(=O)CCN(CCc1ccc(OC)cc1)C(=O)c1ccc(C)c(C)c1. The Hall–Kier alpha value is -2.82. The van der Waals surface area contributed by atoms with Crippen molar-refractivity contribution in [3.05, 3.63) is 64.7 Å². The zero-order chi connectivity index (χ0) is 19.8. The number of carbonyl (C=O) groups excluding carboxylic acids is 2. The van der Waals surface area contributed by atoms with Crippen LogP contribution in [0.3, 0.4) is 0 Å². The van der Waals surface area contributed by atoms with Gasteiger partial charge in [0.25, 0.3) is 5.91 Å². The van der Waals surface area contributed by atoms with E-state index in [4.69, 9.17) is 9.47 Å². The van der Waals surface area contributed by atoms with Gasteiger partial charge in [-0.1, -0.05) is 18.2 Å². The maximum atomic E-state index is 13.0. The lowest BCUT2D eigenvalue weighted by atomic mass is 10.0. The first kappa shape index (κ1) is 20.5. The summed E-state index contributed by atoms with van der Waals surface area (Å²) in [6.45, 7) is 4.86. The van der Waals surface area contributed by atoms with Crippen molar-refractivity contribution in [2.75, 3.05) is 27.3 Å². The summed E-state index contributed by atoms with van der Waals surface area (Å²) in [6.07, 6.45) is 0.872. The molecule has 2 aromatic rings. The fourth-order valence-corrected chi connectivity index (χ4v) is 2.76. The maximum absolute atomic E-state index is 13.0. The molecule has 1 amide bonds. The van der Waals surface area contributed by atoms with Gasteiger partial charge < -0.3 is 14.4 Å². The standard InChI is InChI=1S/C22H27NO4/c1-16-5-8-19(15-17(16)2)22(25)23(14-12-21(24)27-4)13-11-18-6-9-20(26-3)10-7-18/h5-10,15H,11-14H2,1-4H3. The second kappa shape index (κ2) is 9.76. The Morgan fingerprint density at radius 1 is 0.926 bits per heavy atom. The van der Waals surface area contributed by atoms with Crippen LogP contribution in [0.2, 0.25) is 0 Å². The lowest BCUT2D eigenvalue weighted by Crippen LogP contribution is -2.35. The molecular weight excluding hydrogens is 342 g/mol. The number of methoxy groups -OCH3 is 2. The van der Waals surface area contributed by atoms with Crippen LogP contribution in [0.4, 0.5) is 0 Å². The normalized spacial score (nSPS) is 10.4. The van der Waals surface area contributed by atoms with Crippen LogP contribution in [0.15, 0.2) is 42.5 Å². The lowest BCUT2D eigenvalue weighted by Gasteiger charge is -2.23. The Balaban J connectivity index is 2.12. The molecule has 0 radical (unpaired) electrons. The molecule has 0 heterocycles. The van der Waals surface area contributed by atoms with Crippen molar-refractivity contribution < 1.29 is 19.1 Å². The molecule has 0 spiro atoms. The topological polar surface area (TPSA) is 55.8 Å². The van der Waals surface area contributed by atoms with E-state index in [9.17, 15) is 9.59 Å². The molecule has 0 fully saturated rings. The molecule has 0 atom stereocenters. The second-order valence-electron chi connectivity index (χ2n) is 6.52. The van der Waals surface area contributed by atoms with Crippen molar-refractivity contribution in [1.29, 1.82) is 0 Å². The van der Waals surface area contributed by atoms with Gasteiger partial charge in [-0.25, -0.2) is 0 Å². The number of hydrogen-bond acceptors (Lipinski definition) is 4. The summed E-state index contributed by atoms with van der Waals surface area (Å²) in [7, 11) is 2.99. The van der Waals surface area contributed by atoms with Crippen LogP contribution >= 0.6 is 0 Å². The molecule has 0 N–H and O–H groups in total. The summed E-state index contributed by atoms with van der Waals surface area (Å²) in [5, 5.41) is 0. The van der Waals surface area contributed by atoms with E-state index in [1.165, 1.54) is 7.11 Å². The minimum atomic E-state index is -0.322. The molecule has 0 aliphatic rings. The molecular formula is C22H27NO4. The first-order chi connectivity index (χ1) is 12.9. The number of benzene rings is 2. The quantitative estimate of drug-likeness (QED) is 0.668. The van der Waals surface area contributed by atoms with Crippen molar-refractivity contribution >= 4 is 11.9 Å². The van der Waals surface area contributed by atoms with E-state index in [1.54, 1.807) is 12.0 Å². The highest BCUT2D eigenvalue weighted by molar-refractivity contribution is 5.94. The fourth-order valence-electron chi connectivity index (χ4n) is 2.76. The molecule has 5 nitrogen and oxygen atoms in total. The van der Waals surface area contributed by atoms with Gasteiger partial charge in [0.1, 0.15) is 5.75 Å². The van der Waals surface area contributed by atoms with Crippen LogP contribution in [0.1, 0.15) is 33.5 Å². The Morgan fingerprint density at radius 2 is 1.63 bits per heavy atom. The third kappa shape index (κ3) is 5.84. The molecule has 144 valence electrons. The average molecular weight is 369 g/mol. The molecule has 5 heteroatoms. The number of ether oxygens (including phenoxy) is 2. The van der Waals surface area contributed by atoms with Gasteiger partial charge in [-0.3, -0.25) is 9.59 Å². The van der Waals surface area contributed by atoms with Crippen molar-refractivity contribution in [3.8, 4) is 5.75 Å². The largest absolute Gasteiger partial charge is 0.497 e. The molecule has 0 aromatic heterocycles. The van der Waals surface area contributed by atoms with Gasteiger partial charge in [0.15, 0.2) is 0 Å². The Morgan fingerprint density at radius 3 is 2.22 bits per heavy atom. The molecule has 0 aliphatic heterocycles. The summed E-state index contributed by atoms with van der Waals surface area (Å²) in [5.74, 6) is 0.403. The molecule has 2 rings (SSSR count). The summed E-state index contributed by atoms with van der Waals surface area (Å²) >= 11 is 0. The number of esters is 1. The third-order valence-corrected chi connectivity index (χ3v) is 4.68. The van der Waals surface area contributed by atoms with Gasteiger partial charge >= 0.3 is 5.97 Å². The van der Waals surface area contributed by atoms with Gasteiger partial charge in [-0.2, -0.15) is 0 Å². The van der Waals surface area contributed by atoms with Crippen LogP contribution < -0.4 is 4.74 Å². The number of rotatable bonds is 8. The second-order valence-corrected chi connectivity index (χ2v) is 6.52. The van der Waals surface area contributed by atoms with Gasteiger partial charge in [0.05, 0.1) is 20.6 Å². The first-order valence-electron chi connectivity index (χ1n) is 9.01. The number of amides is 1. The number of nitrogens with zero attached hydrogens (tertiary/aromatic N) is 1. The lowest BCUT2D eigenvalue weighted by molar-refractivity contribution is -0.140. The highest BCUT2D eigenvalue weighted by Gasteiger charge is 2.17. The van der Waals surface area contributed by atoms with E-state index in [0.29, 0.717) is 25.1 Å². The zero-order valence-electron chi connectivity index (χ0n) is 16.5. The Kier molecular flexibility index (Phi) is 7.41. The average Bonchev–Trinajstić information content (AvgIpc) is 2.69. The maximum Gasteiger partial charge on any atom is 0.307 e. The minimum Gasteiger partial charge on any atom is -0.497 e. The van der Waals surface area contributed by atoms with E-state index in [2.05, 4.69) is 0 Å². The molecule has 0 bridgehead atoms. The van der Waals surface area contributed by atoms with Gasteiger partial charge in [0.2, 0.25) is 0 Å². The van der Waals surface area contributed by atoms with Crippen molar-refractivity contribution in [2.45, 2.75) is 26.7 Å². The molecule has 0 unspecified atom stereocenters. The van der Waals surface area contributed by atoms with E-state index in [1.807, 2.05) is 56.3 Å². The van der Waals surface area contributed by atoms with E-state index < -0.39 is 0 Å². The first-order valence-corrected chi connectivity index (χ1v) is 9.01. The van der Waals surface area contributed by atoms with Crippen LogP contribution in [0, 0.1) is 13.8 Å². The van der Waals surface area contributed by atoms with Crippen molar-refractivity contribution in [1.82, 2.24) is 4.90 Å². The molecule has 2 aromatic carbocycles. The third-order valence-electron chi connectivity index (χ3n) is 4.68. The summed E-state index contributed by atoms with van der Waals surface area (Å²) in [6, 6.07) is 13.5. The van der Waals surface area contributed by atoms with Crippen LogP contribution in [0.25, 0.3) is 0 Å². The number of carbonyl (C=O) groups is 2. The smallest absolute Gasteiger partial charge is 0.307 e. The molecule has 0 saturated heterocycles. The van der Waals surface area contributed by atoms with Crippen LogP contribution in [-0.4, -0.2) is 44.1 Å². The van der Waals surface area contributed by atoms with Gasteiger partial charge in [-0.15, -0.1) is 0 Å². The molecule has 27 heavy (non-hydrogen) atoms. The van der Waals surface area contributed by atoms with Gasteiger partial charge in [0, 0.05) is 18.7 Å². The fraction of sp³-hybridized carbons (Fsp3) is 0.364. The summed E-state index contributed by atoms with van der Waals surface area (Å²) < 4.78 is 9.89. The van der Waals surface area contributed by atoms with E-state index >= 15 is 0 Å². The highest BCUT2D eigenvalue weighted by Crippen LogP contribution is 2.15. The van der Waals surface area contributed by atoms with Crippen molar-refractivity contribution in [2.24, 2.45) is 0 Å². The highest BCUT2D eigenvalue weighted by atomic mass is 16.5. The van der Waals surface area contributed by atoms with Crippen molar-refractivity contribution in [3.63, 3.8) is 0 Å². The van der Waals surface area contributed by atoms with Crippen LogP contribution in [0.5, 0.6) is 5.75 Å². The number of hydrogen-bond donors (Lipinski definition) is 0. The molecule has 0 saturated carbocycles. The monoisotopic (exact) mass is 369 g/mol. The van der Waals surface area contributed by atoms with Gasteiger partial charge in [-0.05, 0) is 61.2 Å².